The van der Waals surface area contributed by atoms with Gasteiger partial charge in [-0.1, -0.05) is 27.5 Å². The summed E-state index contributed by atoms with van der Waals surface area (Å²) in [6.45, 7) is 0. The van der Waals surface area contributed by atoms with Crippen LogP contribution in [0, 0.1) is 0 Å². The largest absolute Gasteiger partial charge is 0.390 e. The molecular weight excluding hydrogens is 297 g/mol. The van der Waals surface area contributed by atoms with E-state index in [2.05, 4.69) is 15.9 Å². The van der Waals surface area contributed by atoms with Crippen molar-refractivity contribution in [3.63, 3.8) is 0 Å². The van der Waals surface area contributed by atoms with Gasteiger partial charge < -0.3 is 15.9 Å². The standard InChI is InChI=1S/C10H11BrClNO3/c11-6-1-5(2-7(12)3-6)10(16)8(14)4-9(13)15/h1-3,8,10,14,16H,4H2,(H2,13,15). The van der Waals surface area contributed by atoms with Crippen molar-refractivity contribution < 1.29 is 15.0 Å². The van der Waals surface area contributed by atoms with E-state index in [0.717, 1.165) is 0 Å². The molecule has 0 aliphatic rings. The Bertz CT molecular complexity index is 379. The Morgan fingerprint density at radius 3 is 2.56 bits per heavy atom. The number of amides is 1. The molecule has 1 amide bonds. The minimum absolute atomic E-state index is 0.300. The lowest BCUT2D eigenvalue weighted by Gasteiger charge is -2.17. The molecule has 1 rings (SSSR count). The van der Waals surface area contributed by atoms with Gasteiger partial charge in [-0.15, -0.1) is 0 Å². The molecule has 2 unspecified atom stereocenters. The van der Waals surface area contributed by atoms with E-state index in [1.807, 2.05) is 0 Å². The molecule has 0 heterocycles. The second kappa shape index (κ2) is 5.63. The van der Waals surface area contributed by atoms with Crippen molar-refractivity contribution in [2.24, 2.45) is 5.73 Å². The maximum Gasteiger partial charge on any atom is 0.220 e. The van der Waals surface area contributed by atoms with E-state index in [1.54, 1.807) is 12.1 Å². The van der Waals surface area contributed by atoms with Crippen LogP contribution in [0.25, 0.3) is 0 Å². The van der Waals surface area contributed by atoms with Crippen LogP contribution in [0.3, 0.4) is 0 Å². The monoisotopic (exact) mass is 307 g/mol. The molecule has 0 aliphatic carbocycles. The second-order valence-corrected chi connectivity index (χ2v) is 4.74. The van der Waals surface area contributed by atoms with Crippen molar-refractivity contribution in [1.82, 2.24) is 0 Å². The highest BCUT2D eigenvalue weighted by atomic mass is 79.9. The second-order valence-electron chi connectivity index (χ2n) is 3.39. The first-order chi connectivity index (χ1) is 7.40. The van der Waals surface area contributed by atoms with Crippen molar-refractivity contribution in [2.75, 3.05) is 0 Å². The highest BCUT2D eigenvalue weighted by Crippen LogP contribution is 2.26. The summed E-state index contributed by atoms with van der Waals surface area (Å²) in [4.78, 5) is 10.6. The van der Waals surface area contributed by atoms with Crippen LogP contribution < -0.4 is 5.73 Å². The van der Waals surface area contributed by atoms with Gasteiger partial charge in [-0.25, -0.2) is 0 Å². The lowest BCUT2D eigenvalue weighted by atomic mass is 10.0. The molecule has 0 bridgehead atoms. The molecule has 4 N–H and O–H groups in total. The summed E-state index contributed by atoms with van der Waals surface area (Å²) in [5, 5.41) is 19.7. The topological polar surface area (TPSA) is 83.6 Å². The zero-order valence-electron chi connectivity index (χ0n) is 8.23. The lowest BCUT2D eigenvalue weighted by molar-refractivity contribution is -0.121. The number of primary amides is 1. The molecule has 4 nitrogen and oxygen atoms in total. The molecule has 2 atom stereocenters. The lowest BCUT2D eigenvalue weighted by Crippen LogP contribution is -2.25. The quantitative estimate of drug-likeness (QED) is 0.785. The summed E-state index contributed by atoms with van der Waals surface area (Å²) in [7, 11) is 0. The van der Waals surface area contributed by atoms with Gasteiger partial charge in [0.05, 0.1) is 12.5 Å². The highest BCUT2D eigenvalue weighted by molar-refractivity contribution is 9.10. The zero-order valence-corrected chi connectivity index (χ0v) is 10.6. The third-order valence-electron chi connectivity index (χ3n) is 2.00. The van der Waals surface area contributed by atoms with Gasteiger partial charge in [-0.05, 0) is 23.8 Å². The number of nitrogens with two attached hydrogens (primary N) is 1. The SMILES string of the molecule is NC(=O)CC(O)C(O)c1cc(Cl)cc(Br)c1. The molecule has 0 saturated heterocycles. The molecule has 0 radical (unpaired) electrons. The first-order valence-corrected chi connectivity index (χ1v) is 5.67. The molecule has 16 heavy (non-hydrogen) atoms. The van der Waals surface area contributed by atoms with Gasteiger partial charge in [0.25, 0.3) is 0 Å². The van der Waals surface area contributed by atoms with Gasteiger partial charge in [0.15, 0.2) is 0 Å². The minimum atomic E-state index is -1.23. The number of rotatable bonds is 4. The van der Waals surface area contributed by atoms with E-state index in [1.165, 1.54) is 6.07 Å². The Morgan fingerprint density at radius 1 is 1.44 bits per heavy atom. The number of aliphatic hydroxyl groups is 2. The first-order valence-electron chi connectivity index (χ1n) is 4.50. The normalized spacial score (nSPS) is 14.5. The smallest absolute Gasteiger partial charge is 0.220 e. The Hall–Kier alpha value is -0.620. The zero-order chi connectivity index (χ0) is 12.3. The number of hydrogen-bond donors (Lipinski definition) is 3. The van der Waals surface area contributed by atoms with Crippen molar-refractivity contribution in [1.29, 1.82) is 0 Å². The fraction of sp³-hybridized carbons (Fsp3) is 0.300. The minimum Gasteiger partial charge on any atom is -0.390 e. The summed E-state index contributed by atoms with van der Waals surface area (Å²) in [6.07, 6.45) is -2.73. The predicted octanol–water partition coefficient (Wildman–Crippen LogP) is 1.37. The van der Waals surface area contributed by atoms with Gasteiger partial charge in [0.1, 0.15) is 6.10 Å². The molecule has 6 heteroatoms. The van der Waals surface area contributed by atoms with Crippen LogP contribution in [-0.2, 0) is 4.79 Å². The predicted molar refractivity (Wildman–Crippen MR) is 63.9 cm³/mol. The number of aliphatic hydroxyl groups excluding tert-OH is 2. The van der Waals surface area contributed by atoms with Gasteiger partial charge >= 0.3 is 0 Å². The molecule has 0 saturated carbocycles. The molecule has 0 aromatic heterocycles. The van der Waals surface area contributed by atoms with Gasteiger partial charge in [0, 0.05) is 9.50 Å². The average molecular weight is 309 g/mol. The van der Waals surface area contributed by atoms with Crippen molar-refractivity contribution in [3.8, 4) is 0 Å². The number of hydrogen-bond acceptors (Lipinski definition) is 3. The van der Waals surface area contributed by atoms with Crippen LogP contribution in [-0.4, -0.2) is 22.2 Å². The van der Waals surface area contributed by atoms with E-state index >= 15 is 0 Å². The summed E-state index contributed by atoms with van der Waals surface area (Å²) in [5.41, 5.74) is 5.35. The number of benzene rings is 1. The Kier molecular flexibility index (Phi) is 4.73. The van der Waals surface area contributed by atoms with E-state index < -0.39 is 18.1 Å². The molecular formula is C10H11BrClNO3. The van der Waals surface area contributed by atoms with Crippen LogP contribution in [0.4, 0.5) is 0 Å². The van der Waals surface area contributed by atoms with Crippen LogP contribution >= 0.6 is 27.5 Å². The van der Waals surface area contributed by atoms with Crippen LogP contribution in [0.2, 0.25) is 5.02 Å². The first kappa shape index (κ1) is 13.4. The maximum absolute atomic E-state index is 10.6. The Morgan fingerprint density at radius 2 is 2.06 bits per heavy atom. The summed E-state index contributed by atoms with van der Waals surface area (Å²) < 4.78 is 0.681. The summed E-state index contributed by atoms with van der Waals surface area (Å²) in [6, 6.07) is 4.78. The molecule has 0 fully saturated rings. The Labute approximate surface area is 106 Å². The maximum atomic E-state index is 10.6. The van der Waals surface area contributed by atoms with E-state index in [9.17, 15) is 15.0 Å². The Balaban J connectivity index is 2.86. The van der Waals surface area contributed by atoms with E-state index in [-0.39, 0.29) is 6.42 Å². The van der Waals surface area contributed by atoms with E-state index in [4.69, 9.17) is 17.3 Å². The third kappa shape index (κ3) is 3.75. The van der Waals surface area contributed by atoms with Crippen molar-refractivity contribution in [2.45, 2.75) is 18.6 Å². The highest BCUT2D eigenvalue weighted by Gasteiger charge is 2.20. The molecule has 0 aliphatic heterocycles. The summed E-state index contributed by atoms with van der Waals surface area (Å²) in [5.74, 6) is -0.673. The van der Waals surface area contributed by atoms with Gasteiger partial charge in [0.2, 0.25) is 5.91 Å². The van der Waals surface area contributed by atoms with Crippen molar-refractivity contribution >= 4 is 33.4 Å². The number of carbonyl (C=O) groups excluding carboxylic acids is 1. The number of halogens is 2. The fourth-order valence-corrected chi connectivity index (χ4v) is 2.17. The van der Waals surface area contributed by atoms with Crippen molar-refractivity contribution in [3.05, 3.63) is 33.3 Å². The van der Waals surface area contributed by atoms with E-state index in [0.29, 0.717) is 15.1 Å². The van der Waals surface area contributed by atoms with Crippen LogP contribution in [0.5, 0.6) is 0 Å². The van der Waals surface area contributed by atoms with Gasteiger partial charge in [-0.2, -0.15) is 0 Å². The van der Waals surface area contributed by atoms with Gasteiger partial charge in [-0.3, -0.25) is 4.79 Å². The molecule has 1 aromatic carbocycles. The fourth-order valence-electron chi connectivity index (χ4n) is 1.29. The number of carbonyl (C=O) groups is 1. The molecule has 1 aromatic rings. The molecule has 0 spiro atoms. The van der Waals surface area contributed by atoms with Crippen LogP contribution in [0.1, 0.15) is 18.1 Å². The molecule has 88 valence electrons. The average Bonchev–Trinajstić information content (AvgIpc) is 2.13. The summed E-state index contributed by atoms with van der Waals surface area (Å²) >= 11 is 9.00. The van der Waals surface area contributed by atoms with Crippen LogP contribution in [0.15, 0.2) is 22.7 Å². The third-order valence-corrected chi connectivity index (χ3v) is 2.68.